The van der Waals surface area contributed by atoms with Crippen molar-refractivity contribution in [3.8, 4) is 0 Å². The smallest absolute Gasteiger partial charge is 0.353 e. The SMILES string of the molecule is C[C@@H]1C(=O)NCCN1C(=O)N(C)C(c1ccc(F)c(F)c1)[C@H]1CC[C@H](C(F)(F)F)CC1. The molecule has 3 rings (SSSR count). The number of nitrogens with zero attached hydrogens (tertiary/aromatic N) is 2. The van der Waals surface area contributed by atoms with Crippen molar-refractivity contribution in [1.82, 2.24) is 15.1 Å². The lowest BCUT2D eigenvalue weighted by molar-refractivity contribution is -0.184. The molecule has 2 atom stereocenters. The number of hydrogen-bond donors (Lipinski definition) is 1. The van der Waals surface area contributed by atoms with Gasteiger partial charge in [0.1, 0.15) is 6.04 Å². The molecule has 1 saturated carbocycles. The first-order valence-corrected chi connectivity index (χ1v) is 10.3. The minimum atomic E-state index is -4.28. The van der Waals surface area contributed by atoms with Crippen molar-refractivity contribution in [3.63, 3.8) is 0 Å². The summed E-state index contributed by atoms with van der Waals surface area (Å²) >= 11 is 0. The molecule has 3 amide bonds. The lowest BCUT2D eigenvalue weighted by Gasteiger charge is -2.42. The second-order valence-corrected chi connectivity index (χ2v) is 8.33. The molecular formula is C21H26F5N3O2. The summed E-state index contributed by atoms with van der Waals surface area (Å²) in [5.41, 5.74) is 0.319. The molecule has 0 bridgehead atoms. The van der Waals surface area contributed by atoms with E-state index in [2.05, 4.69) is 5.32 Å². The number of carbonyl (C=O) groups is 2. The zero-order valence-corrected chi connectivity index (χ0v) is 17.4. The van der Waals surface area contributed by atoms with Crippen LogP contribution in [-0.4, -0.2) is 54.1 Å². The standard InChI is InChI=1S/C21H26F5N3O2/c1-12-19(30)27-9-10-29(12)20(31)28(2)18(14-5-8-16(22)17(23)11-14)13-3-6-15(7-4-13)21(24,25)26/h5,8,11-13,15,18H,3-4,6-7,9-10H2,1-2H3,(H,27,30)/t12-,13-,15-,18?/m1/s1. The van der Waals surface area contributed by atoms with Crippen LogP contribution in [-0.2, 0) is 4.79 Å². The third-order valence-corrected chi connectivity index (χ3v) is 6.43. The highest BCUT2D eigenvalue weighted by Gasteiger charge is 2.44. The number of benzene rings is 1. The van der Waals surface area contributed by atoms with Gasteiger partial charge in [-0.1, -0.05) is 6.07 Å². The maximum atomic E-state index is 14.0. The van der Waals surface area contributed by atoms with Gasteiger partial charge >= 0.3 is 12.2 Å². The molecule has 1 aliphatic heterocycles. The normalized spacial score (nSPS) is 25.7. The van der Waals surface area contributed by atoms with E-state index in [9.17, 15) is 31.5 Å². The summed E-state index contributed by atoms with van der Waals surface area (Å²) in [5, 5.41) is 2.66. The van der Waals surface area contributed by atoms with Crippen LogP contribution in [0, 0.1) is 23.5 Å². The van der Waals surface area contributed by atoms with Crippen LogP contribution in [0.1, 0.15) is 44.2 Å². The van der Waals surface area contributed by atoms with E-state index in [-0.39, 0.29) is 50.6 Å². The molecule has 1 aromatic rings. The van der Waals surface area contributed by atoms with Crippen molar-refractivity contribution in [2.45, 2.75) is 50.9 Å². The molecule has 10 heteroatoms. The molecule has 1 aliphatic carbocycles. The first kappa shape index (κ1) is 23.3. The van der Waals surface area contributed by atoms with Gasteiger partial charge in [0.25, 0.3) is 0 Å². The summed E-state index contributed by atoms with van der Waals surface area (Å²) in [6, 6.07) is 1.37. The Kier molecular flexibility index (Phi) is 6.76. The Morgan fingerprint density at radius 1 is 1.16 bits per heavy atom. The van der Waals surface area contributed by atoms with Gasteiger partial charge in [-0.05, 0) is 56.2 Å². The Bertz CT molecular complexity index is 824. The number of halogens is 5. The van der Waals surface area contributed by atoms with E-state index in [1.165, 1.54) is 22.9 Å². The van der Waals surface area contributed by atoms with Gasteiger partial charge in [-0.25, -0.2) is 13.6 Å². The summed E-state index contributed by atoms with van der Waals surface area (Å²) in [4.78, 5) is 27.9. The number of amides is 3. The average molecular weight is 447 g/mol. The summed E-state index contributed by atoms with van der Waals surface area (Å²) in [6.45, 7) is 2.15. The van der Waals surface area contributed by atoms with Crippen LogP contribution in [0.25, 0.3) is 0 Å². The second-order valence-electron chi connectivity index (χ2n) is 8.33. The van der Waals surface area contributed by atoms with Crippen molar-refractivity contribution >= 4 is 11.9 Å². The third-order valence-electron chi connectivity index (χ3n) is 6.43. The number of nitrogens with one attached hydrogen (secondary N) is 1. The molecule has 2 fully saturated rings. The van der Waals surface area contributed by atoms with Crippen molar-refractivity contribution in [2.75, 3.05) is 20.1 Å². The molecule has 1 aromatic carbocycles. The van der Waals surface area contributed by atoms with Crippen LogP contribution in [0.5, 0.6) is 0 Å². The molecule has 1 N–H and O–H groups in total. The lowest BCUT2D eigenvalue weighted by Crippen LogP contribution is -2.59. The highest BCUT2D eigenvalue weighted by Crippen LogP contribution is 2.45. The molecule has 172 valence electrons. The maximum Gasteiger partial charge on any atom is 0.391 e. The first-order valence-electron chi connectivity index (χ1n) is 10.3. The van der Waals surface area contributed by atoms with Crippen LogP contribution in [0.2, 0.25) is 0 Å². The molecule has 2 aliphatic rings. The molecule has 0 radical (unpaired) electrons. The van der Waals surface area contributed by atoms with Crippen molar-refractivity contribution in [1.29, 1.82) is 0 Å². The second kappa shape index (κ2) is 9.00. The molecule has 1 saturated heterocycles. The minimum Gasteiger partial charge on any atom is -0.353 e. The molecule has 31 heavy (non-hydrogen) atoms. The van der Waals surface area contributed by atoms with Gasteiger partial charge in [0.2, 0.25) is 5.91 Å². The van der Waals surface area contributed by atoms with Crippen molar-refractivity contribution in [3.05, 3.63) is 35.4 Å². The van der Waals surface area contributed by atoms with Gasteiger partial charge in [0, 0.05) is 20.1 Å². The summed E-state index contributed by atoms with van der Waals surface area (Å²) < 4.78 is 66.8. The maximum absolute atomic E-state index is 14.0. The number of hydrogen-bond acceptors (Lipinski definition) is 2. The summed E-state index contributed by atoms with van der Waals surface area (Å²) in [6.07, 6.45) is -4.05. The predicted molar refractivity (Wildman–Crippen MR) is 103 cm³/mol. The predicted octanol–water partition coefficient (Wildman–Crippen LogP) is 4.25. The first-order chi connectivity index (χ1) is 14.5. The quantitative estimate of drug-likeness (QED) is 0.705. The number of piperazine rings is 1. The Hall–Kier alpha value is -2.39. The highest BCUT2D eigenvalue weighted by atomic mass is 19.4. The van der Waals surface area contributed by atoms with E-state index in [4.69, 9.17) is 0 Å². The fourth-order valence-corrected chi connectivity index (χ4v) is 4.64. The molecule has 1 heterocycles. The van der Waals surface area contributed by atoms with Crippen LogP contribution in [0.3, 0.4) is 0 Å². The van der Waals surface area contributed by atoms with Gasteiger partial charge in [0.15, 0.2) is 11.6 Å². The van der Waals surface area contributed by atoms with E-state index in [0.29, 0.717) is 5.56 Å². The van der Waals surface area contributed by atoms with E-state index >= 15 is 0 Å². The topological polar surface area (TPSA) is 52.7 Å². The van der Waals surface area contributed by atoms with Crippen molar-refractivity contribution < 1.29 is 31.5 Å². The fraction of sp³-hybridized carbons (Fsp3) is 0.619. The Morgan fingerprint density at radius 3 is 2.39 bits per heavy atom. The fourth-order valence-electron chi connectivity index (χ4n) is 4.64. The highest BCUT2D eigenvalue weighted by molar-refractivity contribution is 5.88. The summed E-state index contributed by atoms with van der Waals surface area (Å²) in [5.74, 6) is -4.19. The molecule has 0 spiro atoms. The zero-order valence-electron chi connectivity index (χ0n) is 17.4. The molecule has 5 nitrogen and oxygen atoms in total. The number of urea groups is 1. The van der Waals surface area contributed by atoms with E-state index in [1.54, 1.807) is 6.92 Å². The minimum absolute atomic E-state index is 0.0844. The van der Waals surface area contributed by atoms with Crippen LogP contribution in [0.15, 0.2) is 18.2 Å². The van der Waals surface area contributed by atoms with Gasteiger partial charge < -0.3 is 15.1 Å². The number of rotatable bonds is 3. The van der Waals surface area contributed by atoms with Crippen LogP contribution < -0.4 is 5.32 Å². The van der Waals surface area contributed by atoms with Crippen molar-refractivity contribution in [2.24, 2.45) is 11.8 Å². The van der Waals surface area contributed by atoms with Gasteiger partial charge in [-0.2, -0.15) is 13.2 Å². The van der Waals surface area contributed by atoms with E-state index in [0.717, 1.165) is 12.1 Å². The largest absolute Gasteiger partial charge is 0.391 e. The summed E-state index contributed by atoms with van der Waals surface area (Å²) in [7, 11) is 1.49. The molecule has 0 aromatic heterocycles. The third kappa shape index (κ3) is 4.93. The molecule has 1 unspecified atom stereocenters. The Labute approximate surface area is 177 Å². The van der Waals surface area contributed by atoms with Gasteiger partial charge in [0.05, 0.1) is 12.0 Å². The molecular weight excluding hydrogens is 421 g/mol. The van der Waals surface area contributed by atoms with Crippen LogP contribution in [0.4, 0.5) is 26.7 Å². The monoisotopic (exact) mass is 447 g/mol. The van der Waals surface area contributed by atoms with E-state index in [1.807, 2.05) is 0 Å². The Balaban J connectivity index is 1.88. The van der Waals surface area contributed by atoms with Gasteiger partial charge in [-0.3, -0.25) is 4.79 Å². The lowest BCUT2D eigenvalue weighted by atomic mass is 9.76. The number of alkyl halides is 3. The Morgan fingerprint density at radius 2 is 1.81 bits per heavy atom. The zero-order chi connectivity index (χ0) is 22.9. The number of carbonyl (C=O) groups excluding carboxylic acids is 2. The van der Waals surface area contributed by atoms with E-state index < -0.39 is 41.8 Å². The average Bonchev–Trinajstić information content (AvgIpc) is 2.72. The van der Waals surface area contributed by atoms with Crippen LogP contribution >= 0.6 is 0 Å². The van der Waals surface area contributed by atoms with Gasteiger partial charge in [-0.15, -0.1) is 0 Å².